The van der Waals surface area contributed by atoms with Crippen molar-refractivity contribution in [2.24, 2.45) is 7.05 Å². The fourth-order valence-electron chi connectivity index (χ4n) is 4.64. The molecule has 0 radical (unpaired) electrons. The Kier molecular flexibility index (Phi) is 5.18. The van der Waals surface area contributed by atoms with Crippen LogP contribution in [0.1, 0.15) is 6.23 Å². The molecule has 11 heteroatoms. The van der Waals surface area contributed by atoms with Crippen molar-refractivity contribution in [3.63, 3.8) is 0 Å². The second kappa shape index (κ2) is 8.41. The fraction of sp³-hybridized carbons (Fsp3) is 0.200. The Labute approximate surface area is 204 Å². The third kappa shape index (κ3) is 3.57. The van der Waals surface area contributed by atoms with Gasteiger partial charge in [0.05, 0.1) is 11.1 Å². The van der Waals surface area contributed by atoms with E-state index in [1.54, 1.807) is 34.8 Å². The summed E-state index contributed by atoms with van der Waals surface area (Å²) in [7, 11) is 1.79. The van der Waals surface area contributed by atoms with E-state index < -0.39 is 30.4 Å². The molecular formula is C25H23N7O4. The van der Waals surface area contributed by atoms with Gasteiger partial charge < -0.3 is 30.6 Å². The van der Waals surface area contributed by atoms with Crippen molar-refractivity contribution in [2.75, 3.05) is 11.1 Å². The number of aromatic nitrogens is 5. The number of anilines is 2. The molecule has 1 saturated heterocycles. The lowest BCUT2D eigenvalue weighted by Gasteiger charge is -2.17. The van der Waals surface area contributed by atoms with Crippen molar-refractivity contribution in [3.8, 4) is 11.3 Å². The molecule has 1 aliphatic rings. The maximum Gasteiger partial charge on any atom is 0.256 e. The van der Waals surface area contributed by atoms with Gasteiger partial charge in [0.1, 0.15) is 30.0 Å². The number of carbonyl (C=O) groups excluding carboxylic acids is 1. The molecule has 11 nitrogen and oxygen atoms in total. The summed E-state index contributed by atoms with van der Waals surface area (Å²) in [5.74, 6) is -0.340. The van der Waals surface area contributed by atoms with Crippen LogP contribution in [0.5, 0.6) is 0 Å². The molecule has 0 saturated carbocycles. The Bertz CT molecular complexity index is 1610. The number of nitrogens with zero attached hydrogens (tertiary/aromatic N) is 5. The van der Waals surface area contributed by atoms with Gasteiger partial charge in [-0.3, -0.25) is 9.48 Å². The lowest BCUT2D eigenvalue weighted by atomic mass is 10.1. The number of fused-ring (bicyclic) bond motifs is 2. The monoisotopic (exact) mass is 485 g/mol. The summed E-state index contributed by atoms with van der Waals surface area (Å²) >= 11 is 0. The van der Waals surface area contributed by atoms with E-state index in [1.807, 2.05) is 42.5 Å². The Morgan fingerprint density at radius 3 is 2.67 bits per heavy atom. The molecule has 3 aromatic heterocycles. The summed E-state index contributed by atoms with van der Waals surface area (Å²) in [6.45, 7) is 0. The van der Waals surface area contributed by atoms with Crippen molar-refractivity contribution in [1.82, 2.24) is 24.3 Å². The first-order chi connectivity index (χ1) is 17.4. The van der Waals surface area contributed by atoms with Gasteiger partial charge in [-0.25, -0.2) is 9.97 Å². The van der Waals surface area contributed by atoms with Crippen molar-refractivity contribution in [3.05, 3.63) is 67.3 Å². The molecule has 2 aromatic carbocycles. The van der Waals surface area contributed by atoms with Crippen molar-refractivity contribution >= 4 is 39.2 Å². The van der Waals surface area contributed by atoms with Gasteiger partial charge in [0.25, 0.3) is 5.91 Å². The zero-order valence-corrected chi connectivity index (χ0v) is 19.2. The normalized spacial score (nSPS) is 21.9. The van der Waals surface area contributed by atoms with Gasteiger partial charge >= 0.3 is 0 Å². The van der Waals surface area contributed by atoms with Gasteiger partial charge in [-0.05, 0) is 29.0 Å². The van der Waals surface area contributed by atoms with E-state index in [0.29, 0.717) is 28.0 Å². The van der Waals surface area contributed by atoms with E-state index in [1.165, 1.54) is 6.33 Å². The molecule has 0 aliphatic carbocycles. The van der Waals surface area contributed by atoms with Crippen LogP contribution in [0.15, 0.2) is 67.3 Å². The number of aliphatic hydroxyl groups is 2. The van der Waals surface area contributed by atoms with E-state index in [-0.39, 0.29) is 5.82 Å². The predicted molar refractivity (Wildman–Crippen MR) is 133 cm³/mol. The highest BCUT2D eigenvalue weighted by Crippen LogP contribution is 2.38. The number of nitrogens with one attached hydrogen (secondary N) is 1. The first-order valence-electron chi connectivity index (χ1n) is 11.3. The molecule has 1 aliphatic heterocycles. The zero-order chi connectivity index (χ0) is 25.0. The maximum absolute atomic E-state index is 13.1. The van der Waals surface area contributed by atoms with Crippen molar-refractivity contribution in [2.45, 2.75) is 24.5 Å². The van der Waals surface area contributed by atoms with Gasteiger partial charge in [-0.2, -0.15) is 5.10 Å². The van der Waals surface area contributed by atoms with Crippen LogP contribution in [0.25, 0.3) is 33.1 Å². The fourth-order valence-corrected chi connectivity index (χ4v) is 4.64. The van der Waals surface area contributed by atoms with Crippen LogP contribution in [0.3, 0.4) is 0 Å². The average Bonchev–Trinajstić information content (AvgIpc) is 3.55. The Balaban J connectivity index is 1.32. The standard InChI is InChI=1S/C25H23N7O4/c1-31-9-8-17(30-31)16-11-32(23-18(16)22(26)27-12-28-23)25-20(34)19(33)21(36-25)24(35)29-15-7-6-13-4-2-3-5-14(13)10-15/h2-12,19-21,25,33-34H,1H3,(H,29,35)(H2,26,27,28)/t19-,20+,21-,25+/m0/s1. The molecule has 4 heterocycles. The lowest BCUT2D eigenvalue weighted by molar-refractivity contribution is -0.132. The molecule has 182 valence electrons. The Morgan fingerprint density at radius 1 is 1.08 bits per heavy atom. The first-order valence-corrected chi connectivity index (χ1v) is 11.3. The van der Waals surface area contributed by atoms with Crippen LogP contribution in [0.4, 0.5) is 11.5 Å². The topological polar surface area (TPSA) is 153 Å². The maximum atomic E-state index is 13.1. The number of amides is 1. The van der Waals surface area contributed by atoms with Gasteiger partial charge in [0.2, 0.25) is 0 Å². The van der Waals surface area contributed by atoms with E-state index in [0.717, 1.165) is 10.8 Å². The number of carbonyl (C=O) groups is 1. The van der Waals surface area contributed by atoms with E-state index in [2.05, 4.69) is 20.4 Å². The molecular weight excluding hydrogens is 462 g/mol. The summed E-state index contributed by atoms with van der Waals surface area (Å²) in [6.07, 6.45) is -0.504. The van der Waals surface area contributed by atoms with Gasteiger partial charge in [0.15, 0.2) is 12.3 Å². The minimum atomic E-state index is -1.47. The minimum Gasteiger partial charge on any atom is -0.387 e. The zero-order valence-electron chi connectivity index (χ0n) is 19.2. The molecule has 36 heavy (non-hydrogen) atoms. The highest BCUT2D eigenvalue weighted by Gasteiger charge is 2.48. The second-order valence-corrected chi connectivity index (χ2v) is 8.76. The van der Waals surface area contributed by atoms with Crippen molar-refractivity contribution < 1.29 is 19.7 Å². The molecule has 0 bridgehead atoms. The second-order valence-electron chi connectivity index (χ2n) is 8.76. The third-order valence-corrected chi connectivity index (χ3v) is 6.42. The highest BCUT2D eigenvalue weighted by molar-refractivity contribution is 6.00. The van der Waals surface area contributed by atoms with Gasteiger partial charge in [-0.1, -0.05) is 30.3 Å². The number of nitrogen functional groups attached to an aromatic ring is 1. The summed E-state index contributed by atoms with van der Waals surface area (Å²) in [4.78, 5) is 21.5. The number of nitrogens with two attached hydrogens (primary N) is 1. The number of hydrogen-bond donors (Lipinski definition) is 4. The molecule has 0 unspecified atom stereocenters. The van der Waals surface area contributed by atoms with Gasteiger partial charge in [-0.15, -0.1) is 0 Å². The number of aliphatic hydroxyl groups excluding tert-OH is 2. The molecule has 4 atom stereocenters. The summed E-state index contributed by atoms with van der Waals surface area (Å²) in [5, 5.41) is 31.4. The van der Waals surface area contributed by atoms with Crippen LogP contribution in [-0.2, 0) is 16.6 Å². The smallest absolute Gasteiger partial charge is 0.256 e. The number of aryl methyl sites for hydroxylation is 1. The molecule has 1 fully saturated rings. The average molecular weight is 486 g/mol. The molecule has 1 amide bonds. The predicted octanol–water partition coefficient (Wildman–Crippen LogP) is 1.83. The number of rotatable bonds is 4. The van der Waals surface area contributed by atoms with E-state index in [9.17, 15) is 15.0 Å². The molecule has 0 spiro atoms. The van der Waals surface area contributed by atoms with Crippen LogP contribution in [0.2, 0.25) is 0 Å². The molecule has 6 rings (SSSR count). The quantitative estimate of drug-likeness (QED) is 0.301. The Hall–Kier alpha value is -4.32. The first kappa shape index (κ1) is 22.2. The SMILES string of the molecule is Cn1ccc(-c2cn([C@@H]3O[C@H](C(=O)Nc4ccc5ccccc5c4)[C@@H](O)[C@H]3O)c3ncnc(N)c23)n1. The van der Waals surface area contributed by atoms with Gasteiger partial charge in [0, 0.05) is 30.7 Å². The number of benzene rings is 2. The summed E-state index contributed by atoms with van der Waals surface area (Å²) in [5.41, 5.74) is 8.36. The summed E-state index contributed by atoms with van der Waals surface area (Å²) in [6, 6.07) is 15.1. The van der Waals surface area contributed by atoms with E-state index in [4.69, 9.17) is 10.5 Å². The lowest BCUT2D eigenvalue weighted by Crippen LogP contribution is -2.39. The number of ether oxygens (including phenoxy) is 1. The van der Waals surface area contributed by atoms with Crippen LogP contribution in [0, 0.1) is 0 Å². The van der Waals surface area contributed by atoms with Crippen LogP contribution < -0.4 is 11.1 Å². The number of hydrogen-bond acceptors (Lipinski definition) is 8. The third-order valence-electron chi connectivity index (χ3n) is 6.42. The van der Waals surface area contributed by atoms with Crippen LogP contribution >= 0.6 is 0 Å². The highest BCUT2D eigenvalue weighted by atomic mass is 16.6. The Morgan fingerprint density at radius 2 is 1.89 bits per heavy atom. The largest absolute Gasteiger partial charge is 0.387 e. The van der Waals surface area contributed by atoms with E-state index >= 15 is 0 Å². The summed E-state index contributed by atoms with van der Waals surface area (Å²) < 4.78 is 9.12. The molecule has 5 N–H and O–H groups in total. The van der Waals surface area contributed by atoms with Crippen LogP contribution in [-0.4, -0.2) is 58.7 Å². The minimum absolute atomic E-state index is 0.234. The van der Waals surface area contributed by atoms with Crippen molar-refractivity contribution in [1.29, 1.82) is 0 Å². The molecule has 5 aromatic rings.